The van der Waals surface area contributed by atoms with Gasteiger partial charge in [0.1, 0.15) is 5.82 Å². The summed E-state index contributed by atoms with van der Waals surface area (Å²) in [6.07, 6.45) is 0. The Morgan fingerprint density at radius 1 is 0.944 bits per heavy atom. The number of rotatable bonds is 3. The third-order valence-corrected chi connectivity index (χ3v) is 4.35. The van der Waals surface area contributed by atoms with Crippen molar-refractivity contribution in [2.45, 2.75) is 17.6 Å². The lowest BCUT2D eigenvalue weighted by atomic mass is 10.2. The molecule has 4 heteroatoms. The topological polar surface area (TPSA) is 34.1 Å². The summed E-state index contributed by atoms with van der Waals surface area (Å²) in [6, 6.07) is 12.2. The van der Waals surface area contributed by atoms with Crippen molar-refractivity contribution in [3.8, 4) is 0 Å². The van der Waals surface area contributed by atoms with Crippen molar-refractivity contribution >= 4 is 9.84 Å². The van der Waals surface area contributed by atoms with Gasteiger partial charge in [0.15, 0.2) is 9.84 Å². The molecule has 18 heavy (non-hydrogen) atoms. The van der Waals surface area contributed by atoms with Crippen LogP contribution in [0.1, 0.15) is 11.1 Å². The van der Waals surface area contributed by atoms with E-state index in [1.54, 1.807) is 12.1 Å². The van der Waals surface area contributed by atoms with Crippen molar-refractivity contribution < 1.29 is 12.8 Å². The summed E-state index contributed by atoms with van der Waals surface area (Å²) in [5.74, 6) is -0.511. The Kier molecular flexibility index (Phi) is 3.48. The van der Waals surface area contributed by atoms with Gasteiger partial charge in [-0.2, -0.15) is 0 Å². The molecule has 0 aliphatic rings. The molecule has 0 spiro atoms. The maximum atomic E-state index is 12.8. The monoisotopic (exact) mass is 264 g/mol. The van der Waals surface area contributed by atoms with Crippen LogP contribution in [0, 0.1) is 12.7 Å². The highest BCUT2D eigenvalue weighted by molar-refractivity contribution is 7.90. The zero-order valence-corrected chi connectivity index (χ0v) is 10.7. The molecule has 0 fully saturated rings. The van der Waals surface area contributed by atoms with Gasteiger partial charge in [0.05, 0.1) is 10.6 Å². The average molecular weight is 264 g/mol. The highest BCUT2D eigenvalue weighted by atomic mass is 32.2. The molecule has 0 aliphatic carbocycles. The summed E-state index contributed by atoms with van der Waals surface area (Å²) < 4.78 is 36.9. The maximum absolute atomic E-state index is 12.8. The van der Waals surface area contributed by atoms with Gasteiger partial charge in [0, 0.05) is 0 Å². The van der Waals surface area contributed by atoms with E-state index in [0.29, 0.717) is 0 Å². The molecule has 0 aromatic heterocycles. The van der Waals surface area contributed by atoms with Gasteiger partial charge in [-0.1, -0.05) is 29.8 Å². The van der Waals surface area contributed by atoms with Gasteiger partial charge < -0.3 is 0 Å². The summed E-state index contributed by atoms with van der Waals surface area (Å²) in [6.45, 7) is 1.94. The Morgan fingerprint density at radius 2 is 1.50 bits per heavy atom. The van der Waals surface area contributed by atoms with Crippen molar-refractivity contribution in [3.63, 3.8) is 0 Å². The summed E-state index contributed by atoms with van der Waals surface area (Å²) in [4.78, 5) is 0.143. The fraction of sp³-hybridized carbons (Fsp3) is 0.143. The Hall–Kier alpha value is -1.68. The molecule has 2 rings (SSSR count). The predicted octanol–water partition coefficient (Wildman–Crippen LogP) is 3.11. The number of benzene rings is 2. The van der Waals surface area contributed by atoms with Crippen LogP contribution in [0.3, 0.4) is 0 Å². The normalized spacial score (nSPS) is 11.4. The van der Waals surface area contributed by atoms with Crippen LogP contribution in [0.5, 0.6) is 0 Å². The molecule has 0 radical (unpaired) electrons. The Morgan fingerprint density at radius 3 is 2.06 bits per heavy atom. The third-order valence-electron chi connectivity index (χ3n) is 2.65. The minimum Gasteiger partial charge on any atom is -0.223 e. The molecule has 0 heterocycles. The van der Waals surface area contributed by atoms with Crippen molar-refractivity contribution in [1.29, 1.82) is 0 Å². The van der Waals surface area contributed by atoms with Gasteiger partial charge in [0.2, 0.25) is 0 Å². The molecule has 2 aromatic carbocycles. The molecule has 94 valence electrons. The minimum absolute atomic E-state index is 0.0705. The van der Waals surface area contributed by atoms with E-state index in [2.05, 4.69) is 0 Å². The molecule has 0 atom stereocenters. The fourth-order valence-electron chi connectivity index (χ4n) is 1.63. The molecule has 0 amide bonds. The average Bonchev–Trinajstić information content (AvgIpc) is 2.32. The summed E-state index contributed by atoms with van der Waals surface area (Å²) in [5.41, 5.74) is 1.81. The van der Waals surface area contributed by atoms with Crippen LogP contribution in [-0.2, 0) is 15.6 Å². The fourth-order valence-corrected chi connectivity index (χ4v) is 2.98. The van der Waals surface area contributed by atoms with Crippen LogP contribution in [0.4, 0.5) is 4.39 Å². The van der Waals surface area contributed by atoms with E-state index < -0.39 is 15.7 Å². The predicted molar refractivity (Wildman–Crippen MR) is 68.5 cm³/mol. The summed E-state index contributed by atoms with van der Waals surface area (Å²) >= 11 is 0. The lowest BCUT2D eigenvalue weighted by molar-refractivity contribution is 0.594. The van der Waals surface area contributed by atoms with E-state index in [1.165, 1.54) is 12.1 Å². The van der Waals surface area contributed by atoms with Gasteiger partial charge >= 0.3 is 0 Å². The first kappa shape index (κ1) is 12.8. The van der Waals surface area contributed by atoms with Gasteiger partial charge in [-0.15, -0.1) is 0 Å². The standard InChI is InChI=1S/C14H13FO2S/c1-11-2-4-12(5-3-11)10-18(16,17)14-8-6-13(15)7-9-14/h2-9H,10H2,1H3. The second-order valence-electron chi connectivity index (χ2n) is 4.20. The minimum atomic E-state index is -3.41. The molecule has 0 unspecified atom stereocenters. The number of hydrogen-bond donors (Lipinski definition) is 0. The SMILES string of the molecule is Cc1ccc(CS(=O)(=O)c2ccc(F)cc2)cc1. The van der Waals surface area contributed by atoms with Crippen molar-refractivity contribution in [3.05, 3.63) is 65.5 Å². The maximum Gasteiger partial charge on any atom is 0.182 e. The molecular formula is C14H13FO2S. The summed E-state index contributed by atoms with van der Waals surface area (Å²) in [7, 11) is -3.41. The van der Waals surface area contributed by atoms with E-state index in [9.17, 15) is 12.8 Å². The first-order valence-electron chi connectivity index (χ1n) is 5.51. The van der Waals surface area contributed by atoms with E-state index in [-0.39, 0.29) is 10.6 Å². The van der Waals surface area contributed by atoms with Crippen LogP contribution in [0.2, 0.25) is 0 Å². The number of halogens is 1. The lowest BCUT2D eigenvalue weighted by Gasteiger charge is -2.05. The molecule has 2 nitrogen and oxygen atoms in total. The highest BCUT2D eigenvalue weighted by Gasteiger charge is 2.15. The molecular weight excluding hydrogens is 251 g/mol. The van der Waals surface area contributed by atoms with Crippen LogP contribution in [0.25, 0.3) is 0 Å². The number of aryl methyl sites for hydroxylation is 1. The number of sulfone groups is 1. The molecule has 0 saturated carbocycles. The zero-order valence-electron chi connectivity index (χ0n) is 9.93. The zero-order chi connectivity index (χ0) is 13.2. The van der Waals surface area contributed by atoms with Crippen LogP contribution >= 0.6 is 0 Å². The van der Waals surface area contributed by atoms with E-state index in [0.717, 1.165) is 23.3 Å². The molecule has 0 aliphatic heterocycles. The van der Waals surface area contributed by atoms with Crippen molar-refractivity contribution in [2.75, 3.05) is 0 Å². The van der Waals surface area contributed by atoms with Gasteiger partial charge in [0.25, 0.3) is 0 Å². The first-order valence-corrected chi connectivity index (χ1v) is 7.16. The Balaban J connectivity index is 2.27. The lowest BCUT2D eigenvalue weighted by Crippen LogP contribution is -2.04. The van der Waals surface area contributed by atoms with Gasteiger partial charge in [-0.05, 0) is 36.8 Å². The smallest absolute Gasteiger partial charge is 0.182 e. The quantitative estimate of drug-likeness (QED) is 0.798. The third kappa shape index (κ3) is 2.96. The van der Waals surface area contributed by atoms with E-state index in [1.807, 2.05) is 19.1 Å². The number of hydrogen-bond acceptors (Lipinski definition) is 2. The van der Waals surface area contributed by atoms with Crippen LogP contribution in [0.15, 0.2) is 53.4 Å². The van der Waals surface area contributed by atoms with Crippen LogP contribution < -0.4 is 0 Å². The second-order valence-corrected chi connectivity index (χ2v) is 6.19. The molecule has 2 aromatic rings. The molecule has 0 N–H and O–H groups in total. The van der Waals surface area contributed by atoms with Crippen molar-refractivity contribution in [1.82, 2.24) is 0 Å². The molecule has 0 saturated heterocycles. The summed E-state index contributed by atoms with van der Waals surface area (Å²) in [5, 5.41) is 0. The highest BCUT2D eigenvalue weighted by Crippen LogP contribution is 2.17. The Bertz CT molecular complexity index is 628. The van der Waals surface area contributed by atoms with Gasteiger partial charge in [-0.25, -0.2) is 12.8 Å². The first-order chi connectivity index (χ1) is 8.47. The van der Waals surface area contributed by atoms with E-state index in [4.69, 9.17) is 0 Å². The van der Waals surface area contributed by atoms with Crippen LogP contribution in [-0.4, -0.2) is 8.42 Å². The van der Waals surface area contributed by atoms with Crippen molar-refractivity contribution in [2.24, 2.45) is 0 Å². The second kappa shape index (κ2) is 4.90. The largest absolute Gasteiger partial charge is 0.223 e. The van der Waals surface area contributed by atoms with Gasteiger partial charge in [-0.3, -0.25) is 0 Å². The Labute approximate surface area is 106 Å². The molecule has 0 bridgehead atoms. The van der Waals surface area contributed by atoms with E-state index >= 15 is 0 Å².